The van der Waals surface area contributed by atoms with Gasteiger partial charge in [0.25, 0.3) is 0 Å². The molecule has 1 rings (SSSR count). The number of carboxylic acid groups (broad SMARTS) is 1. The Hall–Kier alpha value is -2.10. The molecule has 1 atom stereocenters. The van der Waals surface area contributed by atoms with Crippen LogP contribution >= 0.6 is 0 Å². The quantitative estimate of drug-likeness (QED) is 0.161. The topological polar surface area (TPSA) is 63.6 Å². The number of rotatable bonds is 18. The predicted molar refractivity (Wildman–Crippen MR) is 122 cm³/mol. The number of esters is 1. The zero-order chi connectivity index (χ0) is 21.9. The highest BCUT2D eigenvalue weighted by atomic mass is 16.5. The first-order chi connectivity index (χ1) is 14.6. The van der Waals surface area contributed by atoms with E-state index < -0.39 is 5.97 Å². The molecule has 0 aromatic heterocycles. The molecule has 0 fully saturated rings. The molecule has 0 saturated carbocycles. The average molecular weight is 417 g/mol. The molecule has 30 heavy (non-hydrogen) atoms. The first-order valence-electron chi connectivity index (χ1n) is 11.7. The van der Waals surface area contributed by atoms with Crippen LogP contribution in [-0.2, 0) is 20.7 Å². The molecule has 0 spiro atoms. The third-order valence-corrected chi connectivity index (χ3v) is 5.20. The molecule has 1 N–H and O–H groups in total. The van der Waals surface area contributed by atoms with Crippen LogP contribution in [0, 0.1) is 0 Å². The zero-order valence-corrected chi connectivity index (χ0v) is 18.7. The van der Waals surface area contributed by atoms with Crippen molar-refractivity contribution in [2.45, 2.75) is 103 Å². The molecule has 0 aliphatic heterocycles. The second-order valence-electron chi connectivity index (χ2n) is 8.03. The molecular weight excluding hydrogens is 376 g/mol. The average Bonchev–Trinajstić information content (AvgIpc) is 2.72. The van der Waals surface area contributed by atoms with Gasteiger partial charge in [0.2, 0.25) is 0 Å². The summed E-state index contributed by atoms with van der Waals surface area (Å²) in [6.45, 7) is 2.20. The fourth-order valence-electron chi connectivity index (χ4n) is 3.45. The van der Waals surface area contributed by atoms with Crippen LogP contribution in [0.2, 0.25) is 0 Å². The van der Waals surface area contributed by atoms with Gasteiger partial charge in [-0.2, -0.15) is 0 Å². The highest BCUT2D eigenvalue weighted by molar-refractivity contribution is 5.72. The predicted octanol–water partition coefficient (Wildman–Crippen LogP) is 6.87. The highest BCUT2D eigenvalue weighted by Crippen LogP contribution is 2.14. The standard InChI is InChI=1S/C26H40O4/c1-2-3-4-14-19-24(30-26(29)22-23-17-12-11-13-18-23)20-15-9-7-5-6-8-10-16-21-25(27)28/h9,11-13,15,17-18,24H,2-8,10,14,16,19-22H2,1H3,(H,27,28)/b15-9-. The van der Waals surface area contributed by atoms with E-state index in [1.165, 1.54) is 19.3 Å². The molecule has 0 aliphatic rings. The van der Waals surface area contributed by atoms with Crippen LogP contribution < -0.4 is 0 Å². The van der Waals surface area contributed by atoms with Gasteiger partial charge in [-0.3, -0.25) is 9.59 Å². The van der Waals surface area contributed by atoms with Crippen LogP contribution in [-0.4, -0.2) is 23.1 Å². The summed E-state index contributed by atoms with van der Waals surface area (Å²) < 4.78 is 5.79. The van der Waals surface area contributed by atoms with Crippen molar-refractivity contribution >= 4 is 11.9 Å². The molecule has 1 aromatic rings. The van der Waals surface area contributed by atoms with E-state index in [1.54, 1.807) is 0 Å². The Balaban J connectivity index is 2.28. The van der Waals surface area contributed by atoms with Crippen molar-refractivity contribution in [3.8, 4) is 0 Å². The zero-order valence-electron chi connectivity index (χ0n) is 18.7. The van der Waals surface area contributed by atoms with E-state index in [4.69, 9.17) is 9.84 Å². The van der Waals surface area contributed by atoms with Crippen molar-refractivity contribution in [2.24, 2.45) is 0 Å². The maximum absolute atomic E-state index is 12.3. The fourth-order valence-corrected chi connectivity index (χ4v) is 3.45. The molecule has 4 heteroatoms. The van der Waals surface area contributed by atoms with E-state index in [0.717, 1.165) is 63.4 Å². The molecule has 0 aliphatic carbocycles. The van der Waals surface area contributed by atoms with Crippen molar-refractivity contribution in [3.63, 3.8) is 0 Å². The van der Waals surface area contributed by atoms with Gasteiger partial charge in [0.05, 0.1) is 6.42 Å². The first kappa shape index (κ1) is 25.9. The third-order valence-electron chi connectivity index (χ3n) is 5.20. The number of aliphatic carboxylic acids is 1. The van der Waals surface area contributed by atoms with Crippen molar-refractivity contribution in [1.82, 2.24) is 0 Å². The lowest BCUT2D eigenvalue weighted by Gasteiger charge is -2.16. The van der Waals surface area contributed by atoms with Gasteiger partial charge in [-0.15, -0.1) is 0 Å². The number of carboxylic acids is 1. The number of ether oxygens (including phenoxy) is 1. The first-order valence-corrected chi connectivity index (χ1v) is 11.7. The summed E-state index contributed by atoms with van der Waals surface area (Å²) in [4.78, 5) is 22.8. The second kappa shape index (κ2) is 17.7. The Labute approximate surface area is 182 Å². The molecule has 0 radical (unpaired) electrons. The van der Waals surface area contributed by atoms with Gasteiger partial charge in [-0.05, 0) is 37.7 Å². The van der Waals surface area contributed by atoms with Crippen LogP contribution in [0.4, 0.5) is 0 Å². The number of hydrogen-bond donors (Lipinski definition) is 1. The molecule has 0 bridgehead atoms. The molecule has 4 nitrogen and oxygen atoms in total. The number of unbranched alkanes of at least 4 members (excludes halogenated alkanes) is 8. The van der Waals surface area contributed by atoms with Gasteiger partial charge >= 0.3 is 11.9 Å². The van der Waals surface area contributed by atoms with Crippen LogP contribution in [0.5, 0.6) is 0 Å². The lowest BCUT2D eigenvalue weighted by atomic mass is 10.1. The van der Waals surface area contributed by atoms with E-state index in [0.29, 0.717) is 6.42 Å². The summed E-state index contributed by atoms with van der Waals surface area (Å²) in [6, 6.07) is 9.75. The lowest BCUT2D eigenvalue weighted by molar-refractivity contribution is -0.148. The normalized spacial score (nSPS) is 12.2. The van der Waals surface area contributed by atoms with Crippen LogP contribution in [0.1, 0.15) is 96.0 Å². The fraction of sp³-hybridized carbons (Fsp3) is 0.615. The molecule has 0 saturated heterocycles. The Morgan fingerprint density at radius 3 is 2.37 bits per heavy atom. The monoisotopic (exact) mass is 416 g/mol. The Bertz CT molecular complexity index is 594. The number of carbonyl (C=O) groups is 2. The number of hydrogen-bond acceptors (Lipinski definition) is 3. The molecule has 1 aromatic carbocycles. The minimum atomic E-state index is -0.702. The van der Waals surface area contributed by atoms with Crippen molar-refractivity contribution in [1.29, 1.82) is 0 Å². The second-order valence-corrected chi connectivity index (χ2v) is 8.03. The van der Waals surface area contributed by atoms with Gasteiger partial charge in [0.1, 0.15) is 6.10 Å². The van der Waals surface area contributed by atoms with E-state index in [-0.39, 0.29) is 18.5 Å². The molecule has 168 valence electrons. The lowest BCUT2D eigenvalue weighted by Crippen LogP contribution is -2.19. The maximum atomic E-state index is 12.3. The summed E-state index contributed by atoms with van der Waals surface area (Å²) in [5, 5.41) is 8.63. The van der Waals surface area contributed by atoms with Crippen LogP contribution in [0.15, 0.2) is 42.5 Å². The van der Waals surface area contributed by atoms with Gasteiger partial charge in [0, 0.05) is 12.8 Å². The largest absolute Gasteiger partial charge is 0.481 e. The SMILES string of the molecule is CCCCCCC(C/C=C\CCCCCCCC(=O)O)OC(=O)Cc1ccccc1. The maximum Gasteiger partial charge on any atom is 0.310 e. The van der Waals surface area contributed by atoms with Crippen molar-refractivity contribution in [2.75, 3.05) is 0 Å². The van der Waals surface area contributed by atoms with Crippen LogP contribution in [0.3, 0.4) is 0 Å². The van der Waals surface area contributed by atoms with Crippen LogP contribution in [0.25, 0.3) is 0 Å². The van der Waals surface area contributed by atoms with Crippen molar-refractivity contribution < 1.29 is 19.4 Å². The summed E-state index contributed by atoms with van der Waals surface area (Å²) in [7, 11) is 0. The van der Waals surface area contributed by atoms with Gasteiger partial charge < -0.3 is 9.84 Å². The number of benzene rings is 1. The Kier molecular flexibility index (Phi) is 15.3. The van der Waals surface area contributed by atoms with E-state index in [9.17, 15) is 9.59 Å². The minimum Gasteiger partial charge on any atom is -0.481 e. The molecule has 1 unspecified atom stereocenters. The van der Waals surface area contributed by atoms with Gasteiger partial charge in [-0.25, -0.2) is 0 Å². The minimum absolute atomic E-state index is 0.0367. The van der Waals surface area contributed by atoms with Gasteiger partial charge in [0.15, 0.2) is 0 Å². The smallest absolute Gasteiger partial charge is 0.310 e. The Morgan fingerprint density at radius 2 is 1.63 bits per heavy atom. The number of allylic oxidation sites excluding steroid dienone is 1. The van der Waals surface area contributed by atoms with E-state index in [1.807, 2.05) is 30.3 Å². The number of carbonyl (C=O) groups excluding carboxylic acids is 1. The van der Waals surface area contributed by atoms with E-state index >= 15 is 0 Å². The molecular formula is C26H40O4. The Morgan fingerprint density at radius 1 is 0.933 bits per heavy atom. The summed E-state index contributed by atoms with van der Waals surface area (Å²) in [5.74, 6) is -0.844. The highest BCUT2D eigenvalue weighted by Gasteiger charge is 2.13. The molecule has 0 amide bonds. The van der Waals surface area contributed by atoms with Gasteiger partial charge in [-0.1, -0.05) is 87.9 Å². The van der Waals surface area contributed by atoms with Crippen molar-refractivity contribution in [3.05, 3.63) is 48.0 Å². The molecule has 0 heterocycles. The summed E-state index contributed by atoms with van der Waals surface area (Å²) >= 11 is 0. The summed E-state index contributed by atoms with van der Waals surface area (Å²) in [5.41, 5.74) is 0.992. The summed E-state index contributed by atoms with van der Waals surface area (Å²) in [6.07, 6.45) is 17.5. The van der Waals surface area contributed by atoms with E-state index in [2.05, 4.69) is 19.1 Å². The third kappa shape index (κ3) is 14.8.